The van der Waals surface area contributed by atoms with E-state index in [1.54, 1.807) is 18.2 Å². The number of anilines is 1. The Balaban J connectivity index is 1.50. The summed E-state index contributed by atoms with van der Waals surface area (Å²) in [4.78, 5) is 38.2. The van der Waals surface area contributed by atoms with Crippen LogP contribution in [0.3, 0.4) is 0 Å². The summed E-state index contributed by atoms with van der Waals surface area (Å²) in [5, 5.41) is 5.34. The number of ether oxygens (including phenoxy) is 2. The zero-order valence-electron chi connectivity index (χ0n) is 17.3. The first-order chi connectivity index (χ1) is 14.3. The van der Waals surface area contributed by atoms with Crippen LogP contribution < -0.4 is 20.1 Å². The van der Waals surface area contributed by atoms with E-state index in [0.29, 0.717) is 30.3 Å². The largest absolute Gasteiger partial charge is 0.486 e. The van der Waals surface area contributed by atoms with E-state index in [-0.39, 0.29) is 24.9 Å². The van der Waals surface area contributed by atoms with Crippen molar-refractivity contribution in [3.8, 4) is 11.5 Å². The molecule has 8 nitrogen and oxygen atoms in total. The van der Waals surface area contributed by atoms with Gasteiger partial charge in [-0.15, -0.1) is 0 Å². The third-order valence-electron chi connectivity index (χ3n) is 4.71. The predicted molar refractivity (Wildman–Crippen MR) is 112 cm³/mol. The van der Waals surface area contributed by atoms with Crippen LogP contribution in [-0.4, -0.2) is 56.0 Å². The Morgan fingerprint density at radius 2 is 1.63 bits per heavy atom. The number of amides is 3. The van der Waals surface area contributed by atoms with Gasteiger partial charge < -0.3 is 25.0 Å². The third-order valence-corrected chi connectivity index (χ3v) is 4.71. The van der Waals surface area contributed by atoms with Crippen molar-refractivity contribution in [3.63, 3.8) is 0 Å². The minimum absolute atomic E-state index is 0.177. The molecule has 1 aliphatic heterocycles. The summed E-state index contributed by atoms with van der Waals surface area (Å²) in [7, 11) is 1.52. The first kappa shape index (κ1) is 21.2. The fraction of sp³-hybridized carbons (Fsp3) is 0.318. The number of rotatable bonds is 6. The molecule has 0 atom stereocenters. The Morgan fingerprint density at radius 3 is 2.33 bits per heavy atom. The van der Waals surface area contributed by atoms with Gasteiger partial charge in [0.25, 0.3) is 5.91 Å². The minimum atomic E-state index is -0.431. The number of likely N-dealkylation sites (N-methyl/N-ethyl adjacent to an activating group) is 1. The molecule has 2 aromatic carbocycles. The van der Waals surface area contributed by atoms with Crippen molar-refractivity contribution < 1.29 is 23.9 Å². The molecule has 0 aromatic heterocycles. The lowest BCUT2D eigenvalue weighted by Gasteiger charge is -2.20. The van der Waals surface area contributed by atoms with Crippen LogP contribution in [0, 0.1) is 13.8 Å². The lowest BCUT2D eigenvalue weighted by molar-refractivity contribution is -0.124. The maximum Gasteiger partial charge on any atom is 0.254 e. The van der Waals surface area contributed by atoms with Crippen molar-refractivity contribution in [2.45, 2.75) is 13.8 Å². The summed E-state index contributed by atoms with van der Waals surface area (Å²) in [6.45, 7) is 4.34. The Kier molecular flexibility index (Phi) is 6.56. The molecule has 158 valence electrons. The smallest absolute Gasteiger partial charge is 0.254 e. The van der Waals surface area contributed by atoms with Crippen molar-refractivity contribution in [1.82, 2.24) is 10.2 Å². The molecule has 0 spiro atoms. The highest BCUT2D eigenvalue weighted by molar-refractivity contribution is 5.98. The molecular weight excluding hydrogens is 386 g/mol. The lowest BCUT2D eigenvalue weighted by Crippen LogP contribution is -2.41. The molecule has 3 rings (SSSR count). The van der Waals surface area contributed by atoms with Crippen LogP contribution >= 0.6 is 0 Å². The fourth-order valence-corrected chi connectivity index (χ4v) is 3.11. The van der Waals surface area contributed by atoms with Crippen LogP contribution in [0.5, 0.6) is 11.5 Å². The van der Waals surface area contributed by atoms with Crippen molar-refractivity contribution in [2.75, 3.05) is 38.7 Å². The van der Waals surface area contributed by atoms with Gasteiger partial charge in [-0.3, -0.25) is 14.4 Å². The molecular formula is C22H25N3O5. The molecule has 8 heteroatoms. The summed E-state index contributed by atoms with van der Waals surface area (Å²) in [6, 6.07) is 10.6. The number of benzene rings is 2. The van der Waals surface area contributed by atoms with Crippen molar-refractivity contribution >= 4 is 23.4 Å². The topological polar surface area (TPSA) is 97.0 Å². The number of carbonyl (C=O) groups is 3. The van der Waals surface area contributed by atoms with E-state index >= 15 is 0 Å². The van der Waals surface area contributed by atoms with Crippen LogP contribution in [-0.2, 0) is 9.59 Å². The SMILES string of the molecule is Cc1cccc(C)c1NC(=O)CNC(=O)CN(C)C(=O)c1ccc2c(c1)OCCO2. The van der Waals surface area contributed by atoms with E-state index in [2.05, 4.69) is 10.6 Å². The minimum Gasteiger partial charge on any atom is -0.486 e. The maximum absolute atomic E-state index is 12.6. The number of aryl methyl sites for hydroxylation is 2. The maximum atomic E-state index is 12.6. The first-order valence-corrected chi connectivity index (χ1v) is 9.63. The summed E-state index contributed by atoms with van der Waals surface area (Å²) in [5.41, 5.74) is 3.02. The predicted octanol–water partition coefficient (Wildman–Crippen LogP) is 1.90. The van der Waals surface area contributed by atoms with E-state index in [4.69, 9.17) is 9.47 Å². The Morgan fingerprint density at radius 1 is 0.967 bits per heavy atom. The molecule has 3 amide bonds. The number of fused-ring (bicyclic) bond motifs is 1. The van der Waals surface area contributed by atoms with Crippen molar-refractivity contribution in [2.24, 2.45) is 0 Å². The molecule has 2 N–H and O–H groups in total. The highest BCUT2D eigenvalue weighted by atomic mass is 16.6. The Hall–Kier alpha value is -3.55. The molecule has 0 bridgehead atoms. The molecule has 0 aliphatic carbocycles. The molecule has 0 fully saturated rings. The summed E-state index contributed by atoms with van der Waals surface area (Å²) >= 11 is 0. The molecule has 0 saturated heterocycles. The molecule has 30 heavy (non-hydrogen) atoms. The summed E-state index contributed by atoms with van der Waals surface area (Å²) in [5.74, 6) is 0.00458. The normalized spacial score (nSPS) is 12.1. The standard InChI is InChI=1S/C22H25N3O5/c1-14-5-4-6-15(2)21(14)24-19(26)12-23-20(27)13-25(3)22(28)16-7-8-17-18(11-16)30-10-9-29-17/h4-8,11H,9-10,12-13H2,1-3H3,(H,23,27)(H,24,26). The van der Waals surface area contributed by atoms with Gasteiger partial charge in [0.15, 0.2) is 11.5 Å². The van der Waals surface area contributed by atoms with E-state index in [0.717, 1.165) is 16.8 Å². The summed E-state index contributed by atoms with van der Waals surface area (Å²) < 4.78 is 10.9. The molecule has 0 saturated carbocycles. The Bertz CT molecular complexity index is 953. The van der Waals surface area contributed by atoms with E-state index < -0.39 is 5.91 Å². The second-order valence-electron chi connectivity index (χ2n) is 7.11. The van der Waals surface area contributed by atoms with Gasteiger partial charge in [0, 0.05) is 18.3 Å². The van der Waals surface area contributed by atoms with Crippen molar-refractivity contribution in [1.29, 1.82) is 0 Å². The summed E-state index contributed by atoms with van der Waals surface area (Å²) in [6.07, 6.45) is 0. The van der Waals surface area contributed by atoms with E-state index in [9.17, 15) is 14.4 Å². The van der Waals surface area contributed by atoms with Gasteiger partial charge in [0.2, 0.25) is 11.8 Å². The van der Waals surface area contributed by atoms with Gasteiger partial charge in [0.05, 0.1) is 13.1 Å². The van der Waals surface area contributed by atoms with Crippen LogP contribution in [0.1, 0.15) is 21.5 Å². The van der Waals surface area contributed by atoms with Gasteiger partial charge in [-0.05, 0) is 43.2 Å². The van der Waals surface area contributed by atoms with Gasteiger partial charge in [-0.1, -0.05) is 18.2 Å². The van der Waals surface area contributed by atoms with Gasteiger partial charge in [-0.25, -0.2) is 0 Å². The van der Waals surface area contributed by atoms with Gasteiger partial charge in [-0.2, -0.15) is 0 Å². The fourth-order valence-electron chi connectivity index (χ4n) is 3.11. The molecule has 0 unspecified atom stereocenters. The number of nitrogens with one attached hydrogen (secondary N) is 2. The zero-order valence-corrected chi connectivity index (χ0v) is 17.3. The van der Waals surface area contributed by atoms with Crippen LogP contribution in [0.15, 0.2) is 36.4 Å². The molecule has 0 radical (unpaired) electrons. The van der Waals surface area contributed by atoms with Crippen LogP contribution in [0.2, 0.25) is 0 Å². The second-order valence-corrected chi connectivity index (χ2v) is 7.11. The lowest BCUT2D eigenvalue weighted by atomic mass is 10.1. The number of para-hydroxylation sites is 1. The number of hydrogen-bond acceptors (Lipinski definition) is 5. The van der Waals surface area contributed by atoms with Gasteiger partial charge in [0.1, 0.15) is 13.2 Å². The highest BCUT2D eigenvalue weighted by Crippen LogP contribution is 2.31. The Labute approximate surface area is 175 Å². The number of carbonyl (C=O) groups excluding carboxylic acids is 3. The van der Waals surface area contributed by atoms with E-state index in [1.807, 2.05) is 32.0 Å². The third kappa shape index (κ3) is 5.08. The average molecular weight is 411 g/mol. The monoisotopic (exact) mass is 411 g/mol. The van der Waals surface area contributed by atoms with E-state index in [1.165, 1.54) is 11.9 Å². The molecule has 1 heterocycles. The molecule has 1 aliphatic rings. The van der Waals surface area contributed by atoms with Crippen LogP contribution in [0.4, 0.5) is 5.69 Å². The van der Waals surface area contributed by atoms with Crippen LogP contribution in [0.25, 0.3) is 0 Å². The second kappa shape index (κ2) is 9.30. The number of hydrogen-bond donors (Lipinski definition) is 2. The quantitative estimate of drug-likeness (QED) is 0.757. The van der Waals surface area contributed by atoms with Crippen molar-refractivity contribution in [3.05, 3.63) is 53.1 Å². The number of nitrogens with zero attached hydrogens (tertiary/aromatic N) is 1. The molecule has 2 aromatic rings. The van der Waals surface area contributed by atoms with Gasteiger partial charge >= 0.3 is 0 Å². The highest BCUT2D eigenvalue weighted by Gasteiger charge is 2.19. The average Bonchev–Trinajstić information content (AvgIpc) is 2.74. The zero-order chi connectivity index (χ0) is 21.7. The first-order valence-electron chi connectivity index (χ1n) is 9.63.